The topological polar surface area (TPSA) is 89.6 Å². The highest BCUT2D eigenvalue weighted by Crippen LogP contribution is 2.08. The first-order valence-corrected chi connectivity index (χ1v) is 20.8. The lowest BCUT2D eigenvalue weighted by Crippen LogP contribution is -2.47. The Morgan fingerprint density at radius 1 is 0.288 bits per heavy atom. The third-order valence-electron chi connectivity index (χ3n) is 8.40. The lowest BCUT2D eigenvalue weighted by atomic mass is 10.1. The molecule has 52 heavy (non-hydrogen) atoms. The Labute approximate surface area is 321 Å². The third kappa shape index (κ3) is 42.3. The zero-order valence-electron chi connectivity index (χ0n) is 35.4. The summed E-state index contributed by atoms with van der Waals surface area (Å²) >= 11 is 0. The van der Waals surface area contributed by atoms with E-state index in [1.807, 2.05) is 0 Å². The third-order valence-corrected chi connectivity index (χ3v) is 8.40. The normalized spacial score (nSPS) is 14.3. The number of ether oxygens (including phenoxy) is 9. The molecule has 0 aromatic carbocycles. The zero-order valence-corrected chi connectivity index (χ0v) is 35.4. The second-order valence-corrected chi connectivity index (χ2v) is 15.3. The van der Waals surface area contributed by atoms with Gasteiger partial charge in [-0.2, -0.15) is 0 Å². The summed E-state index contributed by atoms with van der Waals surface area (Å²) in [4.78, 5) is 5.11. The maximum atomic E-state index is 5.72. The van der Waals surface area contributed by atoms with Crippen LogP contribution in [0.25, 0.3) is 0 Å². The summed E-state index contributed by atoms with van der Waals surface area (Å²) in [6, 6.07) is 0. The van der Waals surface area contributed by atoms with Crippen LogP contribution in [0.5, 0.6) is 0 Å². The van der Waals surface area contributed by atoms with Gasteiger partial charge in [0, 0.05) is 52.5 Å². The van der Waals surface area contributed by atoms with Gasteiger partial charge in [-0.05, 0) is 62.3 Å². The van der Waals surface area contributed by atoms with E-state index >= 15 is 0 Å². The van der Waals surface area contributed by atoms with Gasteiger partial charge in [0.25, 0.3) is 0 Å². The lowest BCUT2D eigenvalue weighted by molar-refractivity contribution is -0.0182. The summed E-state index contributed by atoms with van der Waals surface area (Å²) in [7, 11) is 0. The minimum Gasteiger partial charge on any atom is -0.379 e. The highest BCUT2D eigenvalue weighted by molar-refractivity contribution is 4.71. The van der Waals surface area contributed by atoms with Crippen molar-refractivity contribution in [3.8, 4) is 0 Å². The summed E-state index contributed by atoms with van der Waals surface area (Å²) in [5.74, 6) is 2.93. The van der Waals surface area contributed by atoms with Crippen molar-refractivity contribution in [3.05, 3.63) is 0 Å². The predicted octanol–water partition coefficient (Wildman–Crippen LogP) is 6.31. The molecule has 0 atom stereocenters. The Hall–Kier alpha value is -0.440. The summed E-state index contributed by atoms with van der Waals surface area (Å²) in [5, 5.41) is 0. The van der Waals surface area contributed by atoms with Crippen molar-refractivity contribution in [2.24, 2.45) is 23.7 Å². The minimum absolute atomic E-state index is 0.573. The van der Waals surface area contributed by atoms with Crippen LogP contribution in [0.4, 0.5) is 0 Å². The molecule has 0 aromatic heterocycles. The molecule has 0 spiro atoms. The van der Waals surface area contributed by atoms with Crippen molar-refractivity contribution in [2.45, 2.75) is 87.5 Å². The molecule has 0 N–H and O–H groups in total. The Morgan fingerprint density at radius 2 is 0.519 bits per heavy atom. The van der Waals surface area contributed by atoms with E-state index in [4.69, 9.17) is 42.6 Å². The van der Waals surface area contributed by atoms with Gasteiger partial charge in [0.1, 0.15) is 0 Å². The Balaban J connectivity index is 0.00000128. The number of piperazine rings is 1. The van der Waals surface area contributed by atoms with Crippen molar-refractivity contribution in [2.75, 3.05) is 158 Å². The van der Waals surface area contributed by atoms with E-state index in [1.165, 1.54) is 32.5 Å². The first kappa shape index (κ1) is 51.6. The van der Waals surface area contributed by atoms with E-state index in [0.717, 1.165) is 71.2 Å². The Bertz CT molecular complexity index is 665. The minimum atomic E-state index is 0.573. The second-order valence-electron chi connectivity index (χ2n) is 15.3. The predicted molar refractivity (Wildman–Crippen MR) is 213 cm³/mol. The molecule has 1 saturated heterocycles. The van der Waals surface area contributed by atoms with Crippen LogP contribution in [0.2, 0.25) is 0 Å². The monoisotopic (exact) mass is 751 g/mol. The average molecular weight is 751 g/mol. The largest absolute Gasteiger partial charge is 0.379 e. The van der Waals surface area contributed by atoms with Crippen molar-refractivity contribution in [1.29, 1.82) is 0 Å². The van der Waals surface area contributed by atoms with Crippen molar-refractivity contribution < 1.29 is 42.6 Å². The molecule has 11 heteroatoms. The summed E-state index contributed by atoms with van der Waals surface area (Å²) < 4.78 is 49.5. The molecule has 11 nitrogen and oxygen atoms in total. The van der Waals surface area contributed by atoms with Crippen LogP contribution < -0.4 is 0 Å². The highest BCUT2D eigenvalue weighted by atomic mass is 16.6. The summed E-state index contributed by atoms with van der Waals surface area (Å²) in [6.45, 7) is 36.8. The molecule has 0 saturated carbocycles. The zero-order chi connectivity index (χ0) is 38.3. The number of nitrogens with zero attached hydrogens (tertiary/aromatic N) is 2. The molecular weight excluding hydrogens is 664 g/mol. The molecule has 1 aliphatic heterocycles. The van der Waals surface area contributed by atoms with Crippen LogP contribution in [0, 0.1) is 23.7 Å². The van der Waals surface area contributed by atoms with Gasteiger partial charge >= 0.3 is 0 Å². The smallest absolute Gasteiger partial charge is 0.0701 e. The Morgan fingerprint density at radius 3 is 0.788 bits per heavy atom. The van der Waals surface area contributed by atoms with Crippen molar-refractivity contribution in [1.82, 2.24) is 9.80 Å². The Kier molecular flexibility index (Phi) is 39.9. The molecule has 1 rings (SSSR count). The molecule has 1 heterocycles. The molecule has 0 radical (unpaired) electrons. The van der Waals surface area contributed by atoms with Crippen LogP contribution >= 0.6 is 0 Å². The standard InChI is InChI=1S/C27H56N2O6.C14H30O3/c1-26(2)6-5-8-28-9-11-29(12-10-28)13-15-31-17-19-33-21-23-35-25-24-34-22-20-32-18-16-30-14-7-27(3)4;1-13(2)5-7-15-9-11-17-12-10-16-8-6-14(3)4/h26-27H,5-25H2,1-4H3;13-14H,5-12H2,1-4H3. The molecule has 0 aliphatic carbocycles. The van der Waals surface area contributed by atoms with E-state index in [0.29, 0.717) is 110 Å². The van der Waals surface area contributed by atoms with Gasteiger partial charge in [-0.15, -0.1) is 0 Å². The maximum absolute atomic E-state index is 5.72. The van der Waals surface area contributed by atoms with Crippen LogP contribution in [0.3, 0.4) is 0 Å². The molecule has 1 aliphatic rings. The van der Waals surface area contributed by atoms with Crippen molar-refractivity contribution in [3.63, 3.8) is 0 Å². The highest BCUT2D eigenvalue weighted by Gasteiger charge is 2.16. The average Bonchev–Trinajstić information content (AvgIpc) is 3.10. The van der Waals surface area contributed by atoms with Crippen molar-refractivity contribution >= 4 is 0 Å². The first-order chi connectivity index (χ1) is 25.2. The lowest BCUT2D eigenvalue weighted by Gasteiger charge is -2.34. The van der Waals surface area contributed by atoms with Crippen LogP contribution in [-0.2, 0) is 42.6 Å². The molecule has 0 aromatic rings. The van der Waals surface area contributed by atoms with E-state index in [2.05, 4.69) is 65.2 Å². The first-order valence-electron chi connectivity index (χ1n) is 20.8. The van der Waals surface area contributed by atoms with Gasteiger partial charge < -0.3 is 47.5 Å². The van der Waals surface area contributed by atoms with E-state index in [9.17, 15) is 0 Å². The van der Waals surface area contributed by atoms with Gasteiger partial charge in [0.2, 0.25) is 0 Å². The fraction of sp³-hybridized carbons (Fsp3) is 1.00. The molecule has 1 fully saturated rings. The fourth-order valence-electron chi connectivity index (χ4n) is 4.85. The van der Waals surface area contributed by atoms with Gasteiger partial charge in [0.05, 0.1) is 99.1 Å². The SMILES string of the molecule is CC(C)CCCN1CCN(CCOCCOCCOCCOCCOCCOCCC(C)C)CC1.CC(C)CCOCCOCCOCCC(C)C. The fourth-order valence-corrected chi connectivity index (χ4v) is 4.85. The molecule has 0 bridgehead atoms. The number of rotatable bonds is 37. The van der Waals surface area contributed by atoms with Crippen LogP contribution in [-0.4, -0.2) is 168 Å². The van der Waals surface area contributed by atoms with Crippen LogP contribution in [0.1, 0.15) is 87.5 Å². The van der Waals surface area contributed by atoms with E-state index < -0.39 is 0 Å². The molecular formula is C41H86N2O9. The van der Waals surface area contributed by atoms with Gasteiger partial charge in [0.15, 0.2) is 0 Å². The quantitative estimate of drug-likeness (QED) is 0.0670. The number of hydrogen-bond donors (Lipinski definition) is 0. The summed E-state index contributed by atoms with van der Waals surface area (Å²) in [5.41, 5.74) is 0. The second kappa shape index (κ2) is 40.2. The maximum Gasteiger partial charge on any atom is 0.0701 e. The van der Waals surface area contributed by atoms with Gasteiger partial charge in [-0.3, -0.25) is 4.90 Å². The summed E-state index contributed by atoms with van der Waals surface area (Å²) in [6.07, 6.45) is 6.00. The van der Waals surface area contributed by atoms with E-state index in [1.54, 1.807) is 0 Å². The van der Waals surface area contributed by atoms with Gasteiger partial charge in [-0.1, -0.05) is 55.4 Å². The van der Waals surface area contributed by atoms with Gasteiger partial charge in [-0.25, -0.2) is 0 Å². The van der Waals surface area contributed by atoms with Crippen LogP contribution in [0.15, 0.2) is 0 Å². The molecule has 314 valence electrons. The molecule has 0 unspecified atom stereocenters. The number of hydrogen-bond acceptors (Lipinski definition) is 11. The molecule has 0 amide bonds. The van der Waals surface area contributed by atoms with E-state index in [-0.39, 0.29) is 0 Å².